The van der Waals surface area contributed by atoms with Crippen LogP contribution in [-0.4, -0.2) is 54.8 Å². The average molecular weight is 280 g/mol. The Labute approximate surface area is 122 Å². The summed E-state index contributed by atoms with van der Waals surface area (Å²) in [5.74, 6) is 1.82. The lowest BCUT2D eigenvalue weighted by atomic mass is 9.94. The van der Waals surface area contributed by atoms with Crippen LogP contribution in [-0.2, 0) is 4.74 Å². The SMILES string of the molecule is COCC(C)n1ccnc1NCCC1CCN(C)CC1. The van der Waals surface area contributed by atoms with Crippen LogP contribution in [0.2, 0.25) is 0 Å². The highest BCUT2D eigenvalue weighted by molar-refractivity contribution is 5.26. The highest BCUT2D eigenvalue weighted by atomic mass is 16.5. The van der Waals surface area contributed by atoms with Crippen molar-refractivity contribution in [2.45, 2.75) is 32.2 Å². The van der Waals surface area contributed by atoms with Crippen LogP contribution in [0.1, 0.15) is 32.2 Å². The maximum atomic E-state index is 5.21. The first-order valence-corrected chi connectivity index (χ1v) is 7.65. The number of nitrogens with one attached hydrogen (secondary N) is 1. The lowest BCUT2D eigenvalue weighted by Gasteiger charge is -2.29. The molecule has 2 rings (SSSR count). The summed E-state index contributed by atoms with van der Waals surface area (Å²) < 4.78 is 7.36. The van der Waals surface area contributed by atoms with Crippen LogP contribution in [0.25, 0.3) is 0 Å². The van der Waals surface area contributed by atoms with Gasteiger partial charge in [-0.25, -0.2) is 4.98 Å². The minimum atomic E-state index is 0.313. The Bertz CT molecular complexity index is 385. The Kier molecular flexibility index (Phi) is 5.86. The largest absolute Gasteiger partial charge is 0.383 e. The van der Waals surface area contributed by atoms with Gasteiger partial charge in [-0.1, -0.05) is 0 Å². The smallest absolute Gasteiger partial charge is 0.203 e. The lowest BCUT2D eigenvalue weighted by Crippen LogP contribution is -2.31. The predicted molar refractivity (Wildman–Crippen MR) is 82.1 cm³/mol. The molecule has 114 valence electrons. The molecule has 5 nitrogen and oxygen atoms in total. The number of anilines is 1. The number of rotatable bonds is 7. The summed E-state index contributed by atoms with van der Waals surface area (Å²) in [4.78, 5) is 6.82. The molecule has 1 atom stereocenters. The van der Waals surface area contributed by atoms with Crippen molar-refractivity contribution in [3.8, 4) is 0 Å². The topological polar surface area (TPSA) is 42.3 Å². The highest BCUT2D eigenvalue weighted by Crippen LogP contribution is 2.20. The number of hydrogen-bond donors (Lipinski definition) is 1. The molecule has 5 heteroatoms. The zero-order valence-electron chi connectivity index (χ0n) is 13.0. The van der Waals surface area contributed by atoms with E-state index in [1.165, 1.54) is 32.4 Å². The molecule has 1 aliphatic rings. The molecule has 1 fully saturated rings. The third-order valence-electron chi connectivity index (χ3n) is 4.23. The number of piperidine rings is 1. The van der Waals surface area contributed by atoms with Crippen LogP contribution in [0.3, 0.4) is 0 Å². The maximum Gasteiger partial charge on any atom is 0.203 e. The van der Waals surface area contributed by atoms with Gasteiger partial charge in [0.15, 0.2) is 0 Å². The highest BCUT2D eigenvalue weighted by Gasteiger charge is 2.16. The number of methoxy groups -OCH3 is 1. The molecule has 0 aromatic carbocycles. The molecule has 1 N–H and O–H groups in total. The average Bonchev–Trinajstić information content (AvgIpc) is 2.90. The molecule has 0 spiro atoms. The normalized spacial score (nSPS) is 19.1. The van der Waals surface area contributed by atoms with Crippen molar-refractivity contribution in [2.75, 3.05) is 45.7 Å². The molecule has 1 aromatic heterocycles. The van der Waals surface area contributed by atoms with Crippen molar-refractivity contribution in [2.24, 2.45) is 5.92 Å². The fourth-order valence-electron chi connectivity index (χ4n) is 2.87. The van der Waals surface area contributed by atoms with Crippen molar-refractivity contribution < 1.29 is 4.74 Å². The number of aromatic nitrogens is 2. The summed E-state index contributed by atoms with van der Waals surface area (Å²) in [6, 6.07) is 0.313. The Hall–Kier alpha value is -1.07. The van der Waals surface area contributed by atoms with Crippen LogP contribution >= 0.6 is 0 Å². The molecule has 1 aliphatic heterocycles. The van der Waals surface area contributed by atoms with E-state index in [4.69, 9.17) is 4.74 Å². The first-order chi connectivity index (χ1) is 9.70. The van der Waals surface area contributed by atoms with Crippen LogP contribution in [0.15, 0.2) is 12.4 Å². The van der Waals surface area contributed by atoms with Crippen LogP contribution in [0.5, 0.6) is 0 Å². The van der Waals surface area contributed by atoms with Crippen LogP contribution < -0.4 is 5.32 Å². The van der Waals surface area contributed by atoms with E-state index in [9.17, 15) is 0 Å². The van der Waals surface area contributed by atoms with E-state index in [1.54, 1.807) is 7.11 Å². The molecule has 2 heterocycles. The predicted octanol–water partition coefficient (Wildman–Crippen LogP) is 2.23. The quantitative estimate of drug-likeness (QED) is 0.832. The second-order valence-corrected chi connectivity index (χ2v) is 5.92. The lowest BCUT2D eigenvalue weighted by molar-refractivity contribution is 0.163. The minimum absolute atomic E-state index is 0.313. The Balaban J connectivity index is 1.75. The molecular weight excluding hydrogens is 252 g/mol. The van der Waals surface area contributed by atoms with E-state index >= 15 is 0 Å². The molecule has 0 bridgehead atoms. The van der Waals surface area contributed by atoms with Crippen LogP contribution in [0, 0.1) is 5.92 Å². The fraction of sp³-hybridized carbons (Fsp3) is 0.800. The zero-order chi connectivity index (χ0) is 14.4. The fourth-order valence-corrected chi connectivity index (χ4v) is 2.87. The molecule has 1 aromatic rings. The number of likely N-dealkylation sites (tertiary alicyclic amines) is 1. The van der Waals surface area contributed by atoms with Gasteiger partial charge in [-0.2, -0.15) is 0 Å². The molecule has 1 saturated heterocycles. The van der Waals surface area contributed by atoms with Gasteiger partial charge in [0.1, 0.15) is 0 Å². The summed E-state index contributed by atoms with van der Waals surface area (Å²) >= 11 is 0. The van der Waals surface area contributed by atoms with E-state index in [2.05, 4.69) is 33.7 Å². The van der Waals surface area contributed by atoms with E-state index in [0.717, 1.165) is 18.4 Å². The summed E-state index contributed by atoms with van der Waals surface area (Å²) in [6.45, 7) is 6.34. The third kappa shape index (κ3) is 4.21. The van der Waals surface area contributed by atoms with Gasteiger partial charge in [-0.15, -0.1) is 0 Å². The van der Waals surface area contributed by atoms with Crippen molar-refractivity contribution >= 4 is 5.95 Å². The van der Waals surface area contributed by atoms with Crippen LogP contribution in [0.4, 0.5) is 5.95 Å². The van der Waals surface area contributed by atoms with E-state index in [0.29, 0.717) is 12.6 Å². The summed E-state index contributed by atoms with van der Waals surface area (Å²) in [7, 11) is 3.95. The second kappa shape index (κ2) is 7.64. The van der Waals surface area contributed by atoms with Gasteiger partial charge in [0.05, 0.1) is 12.6 Å². The number of imidazole rings is 1. The second-order valence-electron chi connectivity index (χ2n) is 5.92. The molecule has 0 aliphatic carbocycles. The van der Waals surface area contributed by atoms with Gasteiger partial charge in [-0.05, 0) is 52.2 Å². The van der Waals surface area contributed by atoms with E-state index in [1.807, 2.05) is 12.4 Å². The third-order valence-corrected chi connectivity index (χ3v) is 4.23. The summed E-state index contributed by atoms with van der Waals surface area (Å²) in [5.41, 5.74) is 0. The molecule has 0 saturated carbocycles. The van der Waals surface area contributed by atoms with Gasteiger partial charge in [-0.3, -0.25) is 0 Å². The van der Waals surface area contributed by atoms with Gasteiger partial charge < -0.3 is 19.5 Å². The summed E-state index contributed by atoms with van der Waals surface area (Å²) in [6.07, 6.45) is 7.75. The molecule has 0 radical (unpaired) electrons. The molecule has 1 unspecified atom stereocenters. The Morgan fingerprint density at radius 2 is 2.20 bits per heavy atom. The van der Waals surface area contributed by atoms with E-state index in [-0.39, 0.29) is 0 Å². The van der Waals surface area contributed by atoms with Crippen molar-refractivity contribution in [1.29, 1.82) is 0 Å². The first-order valence-electron chi connectivity index (χ1n) is 7.65. The zero-order valence-corrected chi connectivity index (χ0v) is 13.0. The monoisotopic (exact) mass is 280 g/mol. The number of hydrogen-bond acceptors (Lipinski definition) is 4. The van der Waals surface area contributed by atoms with Crippen molar-refractivity contribution in [3.63, 3.8) is 0 Å². The summed E-state index contributed by atoms with van der Waals surface area (Å²) in [5, 5.41) is 3.47. The van der Waals surface area contributed by atoms with Gasteiger partial charge in [0, 0.05) is 26.0 Å². The Morgan fingerprint density at radius 3 is 2.90 bits per heavy atom. The van der Waals surface area contributed by atoms with Gasteiger partial charge in [0.25, 0.3) is 0 Å². The first kappa shape index (κ1) is 15.3. The van der Waals surface area contributed by atoms with Gasteiger partial charge >= 0.3 is 0 Å². The maximum absolute atomic E-state index is 5.21. The standard InChI is InChI=1S/C15H28N4O/c1-13(12-20-3)19-11-8-17-15(19)16-7-4-14-5-9-18(2)10-6-14/h8,11,13-14H,4-7,9-10,12H2,1-3H3,(H,16,17). The van der Waals surface area contributed by atoms with Crippen molar-refractivity contribution in [1.82, 2.24) is 14.5 Å². The van der Waals surface area contributed by atoms with E-state index < -0.39 is 0 Å². The minimum Gasteiger partial charge on any atom is -0.383 e. The molecule has 0 amide bonds. The number of nitrogens with zero attached hydrogens (tertiary/aromatic N) is 3. The molecule has 20 heavy (non-hydrogen) atoms. The Morgan fingerprint density at radius 1 is 1.45 bits per heavy atom. The van der Waals surface area contributed by atoms with Crippen molar-refractivity contribution in [3.05, 3.63) is 12.4 Å². The van der Waals surface area contributed by atoms with Gasteiger partial charge in [0.2, 0.25) is 5.95 Å². The number of ether oxygens (including phenoxy) is 1. The molecular formula is C15H28N4O.